The Morgan fingerprint density at radius 1 is 1.39 bits per heavy atom. The maximum absolute atomic E-state index is 12.5. The molecule has 3 atom stereocenters. The van der Waals surface area contributed by atoms with Crippen LogP contribution in [0.25, 0.3) is 0 Å². The highest BCUT2D eigenvalue weighted by Crippen LogP contribution is 2.32. The van der Waals surface area contributed by atoms with Gasteiger partial charge in [-0.3, -0.25) is 0 Å². The van der Waals surface area contributed by atoms with Crippen molar-refractivity contribution in [2.75, 3.05) is 33.4 Å². The molecule has 1 saturated heterocycles. The Bertz CT molecular complexity index is 549. The van der Waals surface area contributed by atoms with Crippen LogP contribution in [0.1, 0.15) is 30.4 Å². The third-order valence-corrected chi connectivity index (χ3v) is 4.72. The van der Waals surface area contributed by atoms with E-state index in [-0.39, 0.29) is 18.2 Å². The number of hydrogen-bond donors (Lipinski definition) is 1. The lowest BCUT2D eigenvalue weighted by Gasteiger charge is -2.36. The fourth-order valence-electron chi connectivity index (χ4n) is 3.67. The number of rotatable bonds is 4. The van der Waals surface area contributed by atoms with Crippen LogP contribution in [-0.2, 0) is 15.9 Å². The minimum atomic E-state index is -0.0401. The smallest absolute Gasteiger partial charge is 0.317 e. The normalized spacial score (nSPS) is 26.9. The number of carbonyl (C=O) groups excluding carboxylic acids is 1. The number of nitrogens with one attached hydrogen (secondary N) is 1. The number of fused-ring (bicyclic) bond motifs is 1. The van der Waals surface area contributed by atoms with E-state index in [9.17, 15) is 4.79 Å². The molecule has 0 aromatic heterocycles. The summed E-state index contributed by atoms with van der Waals surface area (Å²) in [7, 11) is 1.66. The Hall–Kier alpha value is -1.59. The maximum Gasteiger partial charge on any atom is 0.317 e. The van der Waals surface area contributed by atoms with E-state index >= 15 is 0 Å². The number of morpholine rings is 1. The van der Waals surface area contributed by atoms with Crippen molar-refractivity contribution in [3.8, 4) is 0 Å². The zero-order valence-electron chi connectivity index (χ0n) is 14.0. The summed E-state index contributed by atoms with van der Waals surface area (Å²) in [6.07, 6.45) is 2.23. The number of carbonyl (C=O) groups is 1. The topological polar surface area (TPSA) is 50.8 Å². The molecule has 1 aliphatic heterocycles. The molecule has 2 aliphatic rings. The highest BCUT2D eigenvalue weighted by Gasteiger charge is 2.29. The van der Waals surface area contributed by atoms with Crippen molar-refractivity contribution >= 4 is 6.03 Å². The predicted octanol–water partition coefficient (Wildman–Crippen LogP) is 2.16. The Morgan fingerprint density at radius 3 is 3.04 bits per heavy atom. The van der Waals surface area contributed by atoms with Gasteiger partial charge in [0, 0.05) is 26.1 Å². The molecule has 3 unspecified atom stereocenters. The number of aryl methyl sites for hydroxylation is 1. The molecule has 0 saturated carbocycles. The SMILES string of the molecule is COCC1CN(C(=O)NCC2CCc3ccccc32)CC(C)O1. The van der Waals surface area contributed by atoms with Crippen LogP contribution in [-0.4, -0.2) is 56.5 Å². The number of nitrogens with zero attached hydrogens (tertiary/aromatic N) is 1. The standard InChI is InChI=1S/C18H26N2O3/c1-13-10-20(11-16(23-13)12-22-2)18(21)19-9-15-8-7-14-5-3-4-6-17(14)15/h3-6,13,15-16H,7-12H2,1-2H3,(H,19,21). The number of ether oxygens (including phenoxy) is 2. The van der Waals surface area contributed by atoms with Gasteiger partial charge in [0.05, 0.1) is 25.4 Å². The molecule has 1 heterocycles. The van der Waals surface area contributed by atoms with Crippen molar-refractivity contribution in [1.82, 2.24) is 10.2 Å². The van der Waals surface area contributed by atoms with Crippen molar-refractivity contribution in [3.63, 3.8) is 0 Å². The summed E-state index contributed by atoms with van der Waals surface area (Å²) in [6, 6.07) is 8.55. The van der Waals surface area contributed by atoms with E-state index < -0.39 is 0 Å². The van der Waals surface area contributed by atoms with Crippen LogP contribution in [0.5, 0.6) is 0 Å². The maximum atomic E-state index is 12.5. The zero-order valence-corrected chi connectivity index (χ0v) is 14.0. The minimum absolute atomic E-state index is 0.00522. The van der Waals surface area contributed by atoms with E-state index in [1.807, 2.05) is 11.8 Å². The van der Waals surface area contributed by atoms with Gasteiger partial charge < -0.3 is 19.7 Å². The lowest BCUT2D eigenvalue weighted by atomic mass is 10.0. The average Bonchev–Trinajstić information content (AvgIpc) is 2.95. The van der Waals surface area contributed by atoms with Crippen LogP contribution >= 0.6 is 0 Å². The Labute approximate surface area is 137 Å². The van der Waals surface area contributed by atoms with Gasteiger partial charge in [0.25, 0.3) is 0 Å². The number of methoxy groups -OCH3 is 1. The summed E-state index contributed by atoms with van der Waals surface area (Å²) in [5.74, 6) is 0.434. The zero-order chi connectivity index (χ0) is 16.2. The summed E-state index contributed by atoms with van der Waals surface area (Å²) in [4.78, 5) is 14.3. The molecular formula is C18H26N2O3. The third-order valence-electron chi connectivity index (χ3n) is 4.72. The second kappa shape index (κ2) is 7.32. The predicted molar refractivity (Wildman–Crippen MR) is 88.7 cm³/mol. The van der Waals surface area contributed by atoms with Crippen LogP contribution in [0.15, 0.2) is 24.3 Å². The van der Waals surface area contributed by atoms with Crippen LogP contribution < -0.4 is 5.32 Å². The van der Waals surface area contributed by atoms with E-state index in [0.29, 0.717) is 32.2 Å². The molecule has 2 amide bonds. The number of urea groups is 1. The highest BCUT2D eigenvalue weighted by molar-refractivity contribution is 5.74. The first-order chi connectivity index (χ1) is 11.2. The Morgan fingerprint density at radius 2 is 2.22 bits per heavy atom. The molecule has 3 rings (SSSR count). The molecule has 5 heteroatoms. The number of amides is 2. The van der Waals surface area contributed by atoms with Crippen molar-refractivity contribution < 1.29 is 14.3 Å². The average molecular weight is 318 g/mol. The van der Waals surface area contributed by atoms with E-state index in [1.54, 1.807) is 7.11 Å². The lowest BCUT2D eigenvalue weighted by Crippen LogP contribution is -2.53. The number of benzene rings is 1. The first-order valence-electron chi connectivity index (χ1n) is 8.42. The van der Waals surface area contributed by atoms with Crippen molar-refractivity contribution in [1.29, 1.82) is 0 Å². The molecule has 1 aromatic rings. The van der Waals surface area contributed by atoms with Crippen LogP contribution in [0.2, 0.25) is 0 Å². The molecule has 5 nitrogen and oxygen atoms in total. The second-order valence-corrected chi connectivity index (χ2v) is 6.55. The van der Waals surface area contributed by atoms with E-state index in [4.69, 9.17) is 9.47 Å². The molecule has 1 aromatic carbocycles. The monoisotopic (exact) mass is 318 g/mol. The first kappa shape index (κ1) is 16.3. The third kappa shape index (κ3) is 3.85. The molecule has 126 valence electrons. The number of hydrogen-bond acceptors (Lipinski definition) is 3. The van der Waals surface area contributed by atoms with E-state index in [0.717, 1.165) is 12.8 Å². The first-order valence-corrected chi connectivity index (χ1v) is 8.42. The summed E-state index contributed by atoms with van der Waals surface area (Å²) in [5, 5.41) is 3.11. The van der Waals surface area contributed by atoms with Gasteiger partial charge >= 0.3 is 6.03 Å². The second-order valence-electron chi connectivity index (χ2n) is 6.55. The van der Waals surface area contributed by atoms with Gasteiger partial charge in [-0.1, -0.05) is 24.3 Å². The minimum Gasteiger partial charge on any atom is -0.382 e. The van der Waals surface area contributed by atoms with E-state index in [2.05, 4.69) is 29.6 Å². The van der Waals surface area contributed by atoms with Crippen LogP contribution in [0.3, 0.4) is 0 Å². The largest absolute Gasteiger partial charge is 0.382 e. The molecule has 23 heavy (non-hydrogen) atoms. The summed E-state index contributed by atoms with van der Waals surface area (Å²) in [5.41, 5.74) is 2.81. The van der Waals surface area contributed by atoms with Gasteiger partial charge in [-0.05, 0) is 30.9 Å². The fourth-order valence-corrected chi connectivity index (χ4v) is 3.67. The summed E-state index contributed by atoms with van der Waals surface area (Å²) >= 11 is 0. The quantitative estimate of drug-likeness (QED) is 0.925. The molecule has 1 fully saturated rings. The van der Waals surface area contributed by atoms with Crippen LogP contribution in [0, 0.1) is 0 Å². The molecule has 0 bridgehead atoms. The summed E-state index contributed by atoms with van der Waals surface area (Å²) in [6.45, 7) is 4.44. The molecule has 0 spiro atoms. The Kier molecular flexibility index (Phi) is 5.18. The van der Waals surface area contributed by atoms with Crippen molar-refractivity contribution in [2.24, 2.45) is 0 Å². The van der Waals surface area contributed by atoms with Gasteiger partial charge in [-0.15, -0.1) is 0 Å². The highest BCUT2D eigenvalue weighted by atomic mass is 16.5. The molecule has 1 aliphatic carbocycles. The van der Waals surface area contributed by atoms with Gasteiger partial charge in [0.2, 0.25) is 0 Å². The van der Waals surface area contributed by atoms with Gasteiger partial charge in [0.15, 0.2) is 0 Å². The fraction of sp³-hybridized carbons (Fsp3) is 0.611. The lowest BCUT2D eigenvalue weighted by molar-refractivity contribution is -0.0896. The Balaban J connectivity index is 1.53. The van der Waals surface area contributed by atoms with Gasteiger partial charge in [-0.2, -0.15) is 0 Å². The summed E-state index contributed by atoms with van der Waals surface area (Å²) < 4.78 is 10.9. The molecule has 1 N–H and O–H groups in total. The van der Waals surface area contributed by atoms with Gasteiger partial charge in [0.1, 0.15) is 0 Å². The van der Waals surface area contributed by atoms with Crippen molar-refractivity contribution in [2.45, 2.75) is 37.9 Å². The van der Waals surface area contributed by atoms with E-state index in [1.165, 1.54) is 11.1 Å². The van der Waals surface area contributed by atoms with Crippen molar-refractivity contribution in [3.05, 3.63) is 35.4 Å². The molecular weight excluding hydrogens is 292 g/mol. The van der Waals surface area contributed by atoms with Crippen LogP contribution in [0.4, 0.5) is 4.79 Å². The molecule has 0 radical (unpaired) electrons. The van der Waals surface area contributed by atoms with Gasteiger partial charge in [-0.25, -0.2) is 4.79 Å².